The molecule has 0 radical (unpaired) electrons. The maximum atomic E-state index is 12.8. The van der Waals surface area contributed by atoms with Gasteiger partial charge in [0.2, 0.25) is 0 Å². The van der Waals surface area contributed by atoms with Crippen LogP contribution in [-0.2, 0) is 28.6 Å². The van der Waals surface area contributed by atoms with Crippen LogP contribution in [-0.4, -0.2) is 37.2 Å². The lowest BCUT2D eigenvalue weighted by atomic mass is 10.1. The number of carbonyl (C=O) groups excluding carboxylic acids is 3. The standard InChI is InChI=1S/C60H92O6/c1-4-7-10-13-16-19-22-25-27-29-31-32-35-38-41-44-47-50-53-59(62)65-56-57(55-64-58(61)52-49-46-43-40-37-34-24-21-18-15-12-9-6-3)66-60(63)54-51-48-45-42-39-36-33-30-28-26-23-20-17-14-11-8-5-2/h8-9,11-12,15,17-18,20-22,24-29,31-34,36-37,42,45,57H,4-7,10,13-14,16,19,23,30,35,38-41,43-44,46-56H2,1-3H3/b11-8-,12-9-,18-15-,20-17-,24-21-,25-22-,28-26-,29-27-,32-31-,36-33-,37-34-,45-42-. The molecule has 0 aromatic rings. The molecule has 6 heteroatoms. The summed E-state index contributed by atoms with van der Waals surface area (Å²) in [4.78, 5) is 38.0. The Morgan fingerprint density at radius 2 is 0.682 bits per heavy atom. The Morgan fingerprint density at radius 1 is 0.333 bits per heavy atom. The molecule has 0 aliphatic heterocycles. The predicted molar refractivity (Wildman–Crippen MR) is 283 cm³/mol. The zero-order valence-corrected chi connectivity index (χ0v) is 41.9. The van der Waals surface area contributed by atoms with Gasteiger partial charge in [0.05, 0.1) is 0 Å². The second kappa shape index (κ2) is 52.9. The maximum Gasteiger partial charge on any atom is 0.306 e. The molecule has 0 fully saturated rings. The van der Waals surface area contributed by atoms with Crippen LogP contribution < -0.4 is 0 Å². The first-order chi connectivity index (χ1) is 32.5. The van der Waals surface area contributed by atoms with Crippen LogP contribution in [0.5, 0.6) is 0 Å². The molecule has 0 spiro atoms. The van der Waals surface area contributed by atoms with Crippen LogP contribution in [0.4, 0.5) is 0 Å². The number of rotatable bonds is 44. The van der Waals surface area contributed by atoms with Crippen LogP contribution in [0, 0.1) is 0 Å². The molecule has 368 valence electrons. The topological polar surface area (TPSA) is 78.9 Å². The Kier molecular flexibility index (Phi) is 49.1. The summed E-state index contributed by atoms with van der Waals surface area (Å²) in [5.41, 5.74) is 0. The average Bonchev–Trinajstić information content (AvgIpc) is 3.31. The highest BCUT2D eigenvalue weighted by Gasteiger charge is 2.19. The van der Waals surface area contributed by atoms with Gasteiger partial charge < -0.3 is 14.2 Å². The molecule has 0 N–H and O–H groups in total. The molecule has 0 aromatic heterocycles. The lowest BCUT2D eigenvalue weighted by Crippen LogP contribution is -2.30. The van der Waals surface area contributed by atoms with Gasteiger partial charge in [-0.25, -0.2) is 0 Å². The predicted octanol–water partition coefficient (Wildman–Crippen LogP) is 17.3. The van der Waals surface area contributed by atoms with Gasteiger partial charge in [0.1, 0.15) is 13.2 Å². The number of allylic oxidation sites excluding steroid dienone is 24. The molecule has 0 heterocycles. The largest absolute Gasteiger partial charge is 0.462 e. The number of hydrogen-bond donors (Lipinski definition) is 0. The molecule has 1 atom stereocenters. The molecule has 66 heavy (non-hydrogen) atoms. The Morgan fingerprint density at radius 3 is 1.15 bits per heavy atom. The van der Waals surface area contributed by atoms with Gasteiger partial charge in [-0.15, -0.1) is 0 Å². The summed E-state index contributed by atoms with van der Waals surface area (Å²) in [6, 6.07) is 0. The van der Waals surface area contributed by atoms with E-state index < -0.39 is 12.1 Å². The number of hydrogen-bond acceptors (Lipinski definition) is 6. The molecule has 0 aliphatic carbocycles. The van der Waals surface area contributed by atoms with Gasteiger partial charge in [-0.3, -0.25) is 14.4 Å². The molecular formula is C60H92O6. The average molecular weight is 909 g/mol. The number of esters is 3. The van der Waals surface area contributed by atoms with Gasteiger partial charge in [0.25, 0.3) is 0 Å². The van der Waals surface area contributed by atoms with Crippen LogP contribution in [0.15, 0.2) is 146 Å². The van der Waals surface area contributed by atoms with Gasteiger partial charge in [-0.1, -0.05) is 218 Å². The van der Waals surface area contributed by atoms with E-state index in [9.17, 15) is 14.4 Å². The summed E-state index contributed by atoms with van der Waals surface area (Å²) in [5.74, 6) is -1.06. The Labute approximate surface area is 404 Å². The van der Waals surface area contributed by atoms with Crippen molar-refractivity contribution in [3.63, 3.8) is 0 Å². The quantitative estimate of drug-likeness (QED) is 0.0199. The van der Waals surface area contributed by atoms with E-state index in [4.69, 9.17) is 14.2 Å². The van der Waals surface area contributed by atoms with E-state index in [0.717, 1.165) is 116 Å². The fourth-order valence-corrected chi connectivity index (χ4v) is 6.37. The summed E-state index contributed by atoms with van der Waals surface area (Å²) >= 11 is 0. The third kappa shape index (κ3) is 50.3. The van der Waals surface area contributed by atoms with Gasteiger partial charge in [-0.2, -0.15) is 0 Å². The van der Waals surface area contributed by atoms with Crippen molar-refractivity contribution in [2.45, 2.75) is 200 Å². The third-order valence-corrected chi connectivity index (χ3v) is 10.2. The number of carbonyl (C=O) groups is 3. The van der Waals surface area contributed by atoms with Crippen LogP contribution in [0.2, 0.25) is 0 Å². The molecule has 0 saturated heterocycles. The van der Waals surface area contributed by atoms with Crippen molar-refractivity contribution in [2.24, 2.45) is 0 Å². The summed E-state index contributed by atoms with van der Waals surface area (Å²) in [6.07, 6.45) is 75.5. The van der Waals surface area contributed by atoms with Crippen LogP contribution in [0.25, 0.3) is 0 Å². The normalized spacial score (nSPS) is 13.3. The minimum absolute atomic E-state index is 0.131. The van der Waals surface area contributed by atoms with Crippen molar-refractivity contribution in [1.82, 2.24) is 0 Å². The fraction of sp³-hybridized carbons (Fsp3) is 0.550. The SMILES string of the molecule is CC\C=C/C=C\C=C/C=C\CCCCCC(=O)OCC(COC(=O)CCCCCCC\C=C/C=C\C=C/CCCCCCC)OC(=O)CCC/C=C\C/C=C\C/C=C\C/C=C\C/C=C\CC. The summed E-state index contributed by atoms with van der Waals surface area (Å²) in [6.45, 7) is 6.24. The van der Waals surface area contributed by atoms with Crippen molar-refractivity contribution in [3.05, 3.63) is 146 Å². The molecule has 0 aliphatic rings. The second-order valence-corrected chi connectivity index (χ2v) is 16.5. The molecule has 0 bridgehead atoms. The van der Waals surface area contributed by atoms with Crippen LogP contribution in [0.1, 0.15) is 194 Å². The first kappa shape index (κ1) is 61.3. The van der Waals surface area contributed by atoms with Crippen molar-refractivity contribution in [3.8, 4) is 0 Å². The monoisotopic (exact) mass is 909 g/mol. The van der Waals surface area contributed by atoms with Crippen LogP contribution in [0.3, 0.4) is 0 Å². The van der Waals surface area contributed by atoms with Gasteiger partial charge in [-0.05, 0) is 103 Å². The molecule has 6 nitrogen and oxygen atoms in total. The van der Waals surface area contributed by atoms with Crippen molar-refractivity contribution in [1.29, 1.82) is 0 Å². The molecular weight excluding hydrogens is 817 g/mol. The van der Waals surface area contributed by atoms with E-state index in [-0.39, 0.29) is 38.0 Å². The first-order valence-electron chi connectivity index (χ1n) is 25.9. The van der Waals surface area contributed by atoms with Gasteiger partial charge in [0.15, 0.2) is 6.10 Å². The number of unbranched alkanes of at least 4 members (excludes halogenated alkanes) is 14. The summed E-state index contributed by atoms with van der Waals surface area (Å²) < 4.78 is 16.7. The lowest BCUT2D eigenvalue weighted by molar-refractivity contribution is -0.167. The Balaban J connectivity index is 4.60. The Bertz CT molecular complexity index is 1510. The zero-order chi connectivity index (χ0) is 47.9. The lowest BCUT2D eigenvalue weighted by Gasteiger charge is -2.18. The van der Waals surface area contributed by atoms with E-state index in [1.165, 1.54) is 32.1 Å². The van der Waals surface area contributed by atoms with E-state index in [1.807, 2.05) is 36.5 Å². The smallest absolute Gasteiger partial charge is 0.306 e. The number of ether oxygens (including phenoxy) is 3. The molecule has 1 unspecified atom stereocenters. The fourth-order valence-electron chi connectivity index (χ4n) is 6.37. The van der Waals surface area contributed by atoms with E-state index in [2.05, 4.69) is 130 Å². The zero-order valence-electron chi connectivity index (χ0n) is 41.9. The first-order valence-corrected chi connectivity index (χ1v) is 25.9. The molecule has 0 amide bonds. The highest BCUT2D eigenvalue weighted by atomic mass is 16.6. The minimum atomic E-state index is -0.839. The molecule has 0 aromatic carbocycles. The second-order valence-electron chi connectivity index (χ2n) is 16.5. The van der Waals surface area contributed by atoms with Crippen molar-refractivity contribution >= 4 is 17.9 Å². The van der Waals surface area contributed by atoms with Crippen molar-refractivity contribution < 1.29 is 28.6 Å². The highest BCUT2D eigenvalue weighted by Crippen LogP contribution is 2.11. The minimum Gasteiger partial charge on any atom is -0.462 e. The van der Waals surface area contributed by atoms with Gasteiger partial charge >= 0.3 is 17.9 Å². The van der Waals surface area contributed by atoms with Crippen LogP contribution >= 0.6 is 0 Å². The van der Waals surface area contributed by atoms with E-state index in [0.29, 0.717) is 12.8 Å². The summed E-state index contributed by atoms with van der Waals surface area (Å²) in [5, 5.41) is 0. The maximum absolute atomic E-state index is 12.8. The van der Waals surface area contributed by atoms with E-state index >= 15 is 0 Å². The molecule has 0 rings (SSSR count). The van der Waals surface area contributed by atoms with Crippen molar-refractivity contribution in [2.75, 3.05) is 13.2 Å². The Hall–Kier alpha value is -4.71. The highest BCUT2D eigenvalue weighted by molar-refractivity contribution is 5.71. The summed E-state index contributed by atoms with van der Waals surface area (Å²) in [7, 11) is 0. The van der Waals surface area contributed by atoms with E-state index in [1.54, 1.807) is 0 Å². The molecule has 0 saturated carbocycles. The van der Waals surface area contributed by atoms with Gasteiger partial charge in [0, 0.05) is 19.3 Å². The third-order valence-electron chi connectivity index (χ3n) is 10.2.